The van der Waals surface area contributed by atoms with Gasteiger partial charge in [0.1, 0.15) is 5.82 Å². The highest BCUT2D eigenvalue weighted by Gasteiger charge is 2.25. The molecule has 0 amide bonds. The fraction of sp³-hybridized carbons (Fsp3) is 0.462. The number of aliphatic hydroxyl groups excluding tert-OH is 1. The Morgan fingerprint density at radius 2 is 2.15 bits per heavy atom. The Morgan fingerprint density at radius 3 is 2.85 bits per heavy atom. The lowest BCUT2D eigenvalue weighted by atomic mass is 9.96. The fourth-order valence-electron chi connectivity index (χ4n) is 2.38. The average molecular weight is 274 g/mol. The van der Waals surface area contributed by atoms with Crippen LogP contribution >= 0.6 is 0 Å². The van der Waals surface area contributed by atoms with Gasteiger partial charge in [-0.2, -0.15) is 15.1 Å². The highest BCUT2D eigenvalue weighted by molar-refractivity contribution is 5.48. The van der Waals surface area contributed by atoms with Crippen molar-refractivity contribution in [2.24, 2.45) is 5.92 Å². The van der Waals surface area contributed by atoms with Crippen LogP contribution in [0.15, 0.2) is 24.5 Å². The predicted octanol–water partition coefficient (Wildman–Crippen LogP) is 0.452. The molecule has 0 bridgehead atoms. The lowest BCUT2D eigenvalue weighted by Crippen LogP contribution is -2.43. The van der Waals surface area contributed by atoms with Crippen LogP contribution in [0.5, 0.6) is 0 Å². The van der Waals surface area contributed by atoms with E-state index in [1.54, 1.807) is 17.1 Å². The molecule has 0 aliphatic carbocycles. The van der Waals surface area contributed by atoms with Gasteiger partial charge in [0.2, 0.25) is 5.95 Å². The van der Waals surface area contributed by atoms with Gasteiger partial charge in [-0.25, -0.2) is 4.68 Å². The van der Waals surface area contributed by atoms with Crippen molar-refractivity contribution in [2.45, 2.75) is 19.4 Å². The molecule has 1 fully saturated rings. The minimum absolute atomic E-state index is 0.209. The number of β-amino-alcohol motifs (C(OH)–C–C–N with tert-alkyl or cyclic N) is 1. The van der Waals surface area contributed by atoms with E-state index in [2.05, 4.69) is 22.0 Å². The maximum Gasteiger partial charge on any atom is 0.224 e. The van der Waals surface area contributed by atoms with Gasteiger partial charge >= 0.3 is 0 Å². The van der Waals surface area contributed by atoms with Gasteiger partial charge in [-0.3, -0.25) is 0 Å². The number of aliphatic hydroxyl groups is 1. The first-order chi connectivity index (χ1) is 9.63. The highest BCUT2D eigenvalue weighted by Crippen LogP contribution is 2.23. The summed E-state index contributed by atoms with van der Waals surface area (Å²) in [5, 5.41) is 14.1. The van der Waals surface area contributed by atoms with Crippen LogP contribution < -0.4 is 10.6 Å². The zero-order valence-corrected chi connectivity index (χ0v) is 11.3. The Labute approximate surface area is 117 Å². The molecule has 1 aliphatic heterocycles. The molecule has 7 heteroatoms. The highest BCUT2D eigenvalue weighted by atomic mass is 16.3. The van der Waals surface area contributed by atoms with Crippen LogP contribution in [-0.2, 0) is 0 Å². The maximum atomic E-state index is 10.00. The van der Waals surface area contributed by atoms with E-state index in [0.717, 1.165) is 18.8 Å². The summed E-state index contributed by atoms with van der Waals surface area (Å²) in [5.74, 6) is 1.89. The molecule has 2 aromatic heterocycles. The van der Waals surface area contributed by atoms with Crippen LogP contribution in [0, 0.1) is 5.92 Å². The first-order valence-corrected chi connectivity index (χ1v) is 6.71. The second kappa shape index (κ2) is 5.09. The van der Waals surface area contributed by atoms with E-state index in [0.29, 0.717) is 18.3 Å². The van der Waals surface area contributed by atoms with Gasteiger partial charge in [0, 0.05) is 31.5 Å². The topological polar surface area (TPSA) is 93.1 Å². The molecule has 106 valence electrons. The number of nitrogens with two attached hydrogens (primary N) is 1. The van der Waals surface area contributed by atoms with Crippen molar-refractivity contribution in [3.8, 4) is 5.82 Å². The van der Waals surface area contributed by atoms with E-state index in [1.807, 2.05) is 17.0 Å². The fourth-order valence-corrected chi connectivity index (χ4v) is 2.38. The first-order valence-electron chi connectivity index (χ1n) is 6.71. The van der Waals surface area contributed by atoms with Crippen molar-refractivity contribution >= 4 is 11.8 Å². The van der Waals surface area contributed by atoms with Crippen LogP contribution in [0.1, 0.15) is 13.3 Å². The van der Waals surface area contributed by atoms with Crippen molar-refractivity contribution in [3.63, 3.8) is 0 Å². The Bertz CT molecular complexity index is 585. The molecule has 0 saturated carbocycles. The molecule has 2 aromatic rings. The van der Waals surface area contributed by atoms with Gasteiger partial charge in [-0.05, 0) is 18.4 Å². The third kappa shape index (κ3) is 2.44. The summed E-state index contributed by atoms with van der Waals surface area (Å²) >= 11 is 0. The van der Waals surface area contributed by atoms with Crippen molar-refractivity contribution in [1.29, 1.82) is 0 Å². The van der Waals surface area contributed by atoms with E-state index in [4.69, 9.17) is 5.73 Å². The molecule has 0 spiro atoms. The van der Waals surface area contributed by atoms with Crippen molar-refractivity contribution in [1.82, 2.24) is 19.7 Å². The number of rotatable bonds is 2. The first kappa shape index (κ1) is 12.9. The summed E-state index contributed by atoms with van der Waals surface area (Å²) in [6.07, 6.45) is 4.08. The molecule has 3 N–H and O–H groups in total. The number of hydrogen-bond donors (Lipinski definition) is 2. The zero-order chi connectivity index (χ0) is 14.1. The summed E-state index contributed by atoms with van der Waals surface area (Å²) in [4.78, 5) is 10.5. The van der Waals surface area contributed by atoms with E-state index in [1.165, 1.54) is 0 Å². The summed E-state index contributed by atoms with van der Waals surface area (Å²) in [6, 6.07) is 3.66. The van der Waals surface area contributed by atoms with Gasteiger partial charge in [-0.1, -0.05) is 6.92 Å². The molecule has 0 aromatic carbocycles. The molecule has 20 heavy (non-hydrogen) atoms. The zero-order valence-electron chi connectivity index (χ0n) is 11.3. The molecule has 7 nitrogen and oxygen atoms in total. The largest absolute Gasteiger partial charge is 0.391 e. The van der Waals surface area contributed by atoms with Crippen molar-refractivity contribution in [3.05, 3.63) is 24.5 Å². The Kier molecular flexibility index (Phi) is 3.27. The summed E-state index contributed by atoms with van der Waals surface area (Å²) in [5.41, 5.74) is 5.78. The number of piperidine rings is 1. The number of anilines is 2. The van der Waals surface area contributed by atoms with Gasteiger partial charge in [0.05, 0.1) is 6.10 Å². The van der Waals surface area contributed by atoms with Gasteiger partial charge in [-0.15, -0.1) is 0 Å². The Hall–Kier alpha value is -2.15. The third-order valence-electron chi connectivity index (χ3n) is 3.70. The van der Waals surface area contributed by atoms with E-state index in [-0.39, 0.29) is 12.1 Å². The number of nitrogens with zero attached hydrogens (tertiary/aromatic N) is 5. The molecule has 0 radical (unpaired) electrons. The quantitative estimate of drug-likeness (QED) is 0.826. The molecule has 2 atom stereocenters. The second-order valence-corrected chi connectivity index (χ2v) is 5.17. The molecule has 3 rings (SSSR count). The molecule has 3 heterocycles. The van der Waals surface area contributed by atoms with E-state index in [9.17, 15) is 5.11 Å². The number of nitrogen functional groups attached to an aromatic ring is 1. The molecule has 2 unspecified atom stereocenters. The van der Waals surface area contributed by atoms with E-state index >= 15 is 0 Å². The van der Waals surface area contributed by atoms with Crippen molar-refractivity contribution < 1.29 is 5.11 Å². The van der Waals surface area contributed by atoms with Crippen molar-refractivity contribution in [2.75, 3.05) is 23.7 Å². The maximum absolute atomic E-state index is 10.00. The van der Waals surface area contributed by atoms with Gasteiger partial charge < -0.3 is 15.7 Å². The number of hydrogen-bond acceptors (Lipinski definition) is 6. The molecular weight excluding hydrogens is 256 g/mol. The summed E-state index contributed by atoms with van der Waals surface area (Å²) < 4.78 is 1.64. The number of aromatic nitrogens is 4. The smallest absolute Gasteiger partial charge is 0.224 e. The molecule has 1 aliphatic rings. The van der Waals surface area contributed by atoms with Crippen LogP contribution in [0.3, 0.4) is 0 Å². The lowest BCUT2D eigenvalue weighted by Gasteiger charge is -2.35. The average Bonchev–Trinajstić information content (AvgIpc) is 2.95. The third-order valence-corrected chi connectivity index (χ3v) is 3.70. The van der Waals surface area contributed by atoms with Crippen LogP contribution in [0.25, 0.3) is 5.82 Å². The Morgan fingerprint density at radius 1 is 1.35 bits per heavy atom. The van der Waals surface area contributed by atoms with E-state index < -0.39 is 0 Å². The predicted molar refractivity (Wildman–Crippen MR) is 75.6 cm³/mol. The second-order valence-electron chi connectivity index (χ2n) is 5.17. The normalized spacial score (nSPS) is 23.0. The van der Waals surface area contributed by atoms with Gasteiger partial charge in [0.25, 0.3) is 0 Å². The molecule has 1 saturated heterocycles. The minimum atomic E-state index is -0.340. The summed E-state index contributed by atoms with van der Waals surface area (Å²) in [6.45, 7) is 3.48. The lowest BCUT2D eigenvalue weighted by molar-refractivity contribution is 0.102. The monoisotopic (exact) mass is 274 g/mol. The summed E-state index contributed by atoms with van der Waals surface area (Å²) in [7, 11) is 0. The van der Waals surface area contributed by atoms with Crippen LogP contribution in [-0.4, -0.2) is 44.0 Å². The van der Waals surface area contributed by atoms with Crippen LogP contribution in [0.2, 0.25) is 0 Å². The minimum Gasteiger partial charge on any atom is -0.391 e. The Balaban J connectivity index is 1.90. The van der Waals surface area contributed by atoms with Crippen LogP contribution in [0.4, 0.5) is 11.8 Å². The standard InChI is InChI=1S/C13H18N6O/c1-9-3-6-18(8-10(9)20)11-7-12(17-13(14)16-11)19-5-2-4-15-19/h2,4-5,7,9-10,20H,3,6,8H2,1H3,(H2,14,16,17). The van der Waals surface area contributed by atoms with Gasteiger partial charge in [0.15, 0.2) is 5.82 Å². The molecular formula is C13H18N6O. The SMILES string of the molecule is CC1CCN(c2cc(-n3cccn3)nc(N)n2)CC1O.